The van der Waals surface area contributed by atoms with Gasteiger partial charge in [-0.25, -0.2) is 13.1 Å². The van der Waals surface area contributed by atoms with E-state index in [0.29, 0.717) is 12.3 Å². The summed E-state index contributed by atoms with van der Waals surface area (Å²) in [5, 5.41) is 6.36. The molecule has 1 aliphatic heterocycles. The Labute approximate surface area is 131 Å². The van der Waals surface area contributed by atoms with Gasteiger partial charge in [-0.3, -0.25) is 5.10 Å². The number of rotatable bonds is 4. The minimum atomic E-state index is -3.59. The first kappa shape index (κ1) is 14.6. The molecule has 0 bridgehead atoms. The van der Waals surface area contributed by atoms with Crippen LogP contribution in [0.1, 0.15) is 16.8 Å². The standard InChI is InChI=1S/C13H14BrN3O3S/c1-8-12(7-15-17-8)21(18,19)16-6-10-5-11(14)4-9-2-3-20-13(9)10/h4-5,7,16H,2-3,6H2,1H3,(H,15,17). The van der Waals surface area contributed by atoms with Crippen molar-refractivity contribution < 1.29 is 13.2 Å². The summed E-state index contributed by atoms with van der Waals surface area (Å²) >= 11 is 3.44. The van der Waals surface area contributed by atoms with Crippen LogP contribution in [-0.2, 0) is 23.0 Å². The van der Waals surface area contributed by atoms with E-state index >= 15 is 0 Å². The van der Waals surface area contributed by atoms with Crippen molar-refractivity contribution in [2.45, 2.75) is 24.8 Å². The summed E-state index contributed by atoms with van der Waals surface area (Å²) in [7, 11) is -3.59. The Bertz CT molecular complexity index is 786. The van der Waals surface area contributed by atoms with Crippen molar-refractivity contribution in [2.24, 2.45) is 0 Å². The fourth-order valence-corrected chi connectivity index (χ4v) is 4.03. The van der Waals surface area contributed by atoms with Crippen LogP contribution >= 0.6 is 15.9 Å². The van der Waals surface area contributed by atoms with Gasteiger partial charge < -0.3 is 4.74 Å². The summed E-state index contributed by atoms with van der Waals surface area (Å²) in [5.74, 6) is 0.782. The third-order valence-corrected chi connectivity index (χ3v) is 5.32. The second kappa shape index (κ2) is 5.43. The van der Waals surface area contributed by atoms with Gasteiger partial charge in [0.05, 0.1) is 18.5 Å². The van der Waals surface area contributed by atoms with E-state index in [4.69, 9.17) is 4.74 Å². The van der Waals surface area contributed by atoms with E-state index in [9.17, 15) is 8.42 Å². The Hall–Kier alpha value is -1.38. The first-order valence-corrected chi connectivity index (χ1v) is 8.69. The smallest absolute Gasteiger partial charge is 0.244 e. The SMILES string of the molecule is Cc1[nH]ncc1S(=O)(=O)NCc1cc(Br)cc2c1OCC2. The number of aromatic nitrogens is 2. The van der Waals surface area contributed by atoms with Crippen LogP contribution in [-0.4, -0.2) is 25.2 Å². The van der Waals surface area contributed by atoms with E-state index in [1.54, 1.807) is 6.92 Å². The van der Waals surface area contributed by atoms with E-state index in [-0.39, 0.29) is 11.4 Å². The molecule has 0 fully saturated rings. The predicted octanol–water partition coefficient (Wildman–Crippen LogP) is 1.89. The van der Waals surface area contributed by atoms with E-state index in [2.05, 4.69) is 30.8 Å². The molecule has 8 heteroatoms. The number of H-pyrrole nitrogens is 1. The monoisotopic (exact) mass is 371 g/mol. The van der Waals surface area contributed by atoms with Gasteiger partial charge in [0, 0.05) is 23.0 Å². The van der Waals surface area contributed by atoms with Gasteiger partial charge in [-0.1, -0.05) is 15.9 Å². The van der Waals surface area contributed by atoms with Gasteiger partial charge in [-0.2, -0.15) is 5.10 Å². The molecule has 6 nitrogen and oxygen atoms in total. The maximum absolute atomic E-state index is 12.2. The van der Waals surface area contributed by atoms with Gasteiger partial charge in [0.25, 0.3) is 0 Å². The lowest BCUT2D eigenvalue weighted by Gasteiger charge is -2.10. The highest BCUT2D eigenvalue weighted by atomic mass is 79.9. The number of hydrogen-bond acceptors (Lipinski definition) is 4. The molecule has 2 aromatic rings. The number of sulfonamides is 1. The molecule has 2 N–H and O–H groups in total. The highest BCUT2D eigenvalue weighted by Gasteiger charge is 2.21. The van der Waals surface area contributed by atoms with E-state index < -0.39 is 10.0 Å². The lowest BCUT2D eigenvalue weighted by atomic mass is 10.1. The Morgan fingerprint density at radius 1 is 1.48 bits per heavy atom. The van der Waals surface area contributed by atoms with Crippen LogP contribution in [0.3, 0.4) is 0 Å². The second-order valence-electron chi connectivity index (χ2n) is 4.84. The quantitative estimate of drug-likeness (QED) is 0.859. The van der Waals surface area contributed by atoms with Gasteiger partial charge in [-0.05, 0) is 24.6 Å². The molecule has 21 heavy (non-hydrogen) atoms. The lowest BCUT2D eigenvalue weighted by molar-refractivity contribution is 0.353. The second-order valence-corrected chi connectivity index (χ2v) is 7.49. The van der Waals surface area contributed by atoms with Crippen molar-refractivity contribution in [1.29, 1.82) is 0 Å². The average molecular weight is 372 g/mol. The van der Waals surface area contributed by atoms with Gasteiger partial charge in [0.1, 0.15) is 10.6 Å². The molecular weight excluding hydrogens is 358 g/mol. The van der Waals surface area contributed by atoms with Gasteiger partial charge in [0.2, 0.25) is 10.0 Å². The number of halogens is 1. The van der Waals surface area contributed by atoms with Gasteiger partial charge in [-0.15, -0.1) is 0 Å². The fourth-order valence-electron chi connectivity index (χ4n) is 2.34. The first-order valence-electron chi connectivity index (χ1n) is 6.41. The molecule has 0 atom stereocenters. The third-order valence-electron chi connectivity index (χ3n) is 3.35. The maximum Gasteiger partial charge on any atom is 0.244 e. The van der Waals surface area contributed by atoms with Crippen molar-refractivity contribution in [3.63, 3.8) is 0 Å². The highest BCUT2D eigenvalue weighted by Crippen LogP contribution is 2.33. The minimum absolute atomic E-state index is 0.162. The number of ether oxygens (including phenoxy) is 1. The molecule has 0 saturated heterocycles. The van der Waals surface area contributed by atoms with Gasteiger partial charge in [0.15, 0.2) is 0 Å². The van der Waals surface area contributed by atoms with Crippen molar-refractivity contribution in [3.05, 3.63) is 39.6 Å². The number of aromatic amines is 1. The van der Waals surface area contributed by atoms with Crippen LogP contribution < -0.4 is 9.46 Å². The molecule has 1 aromatic heterocycles. The summed E-state index contributed by atoms with van der Waals surface area (Å²) in [6.07, 6.45) is 2.15. The van der Waals surface area contributed by atoms with Crippen molar-refractivity contribution in [2.75, 3.05) is 6.61 Å². The Kier molecular flexibility index (Phi) is 3.76. The third kappa shape index (κ3) is 2.83. The molecule has 1 aromatic carbocycles. The van der Waals surface area contributed by atoms with Crippen LogP contribution in [0.4, 0.5) is 0 Å². The normalized spacial score (nSPS) is 14.0. The largest absolute Gasteiger partial charge is 0.493 e. The first-order chi connectivity index (χ1) is 9.97. The molecule has 0 amide bonds. The molecule has 112 valence electrons. The van der Waals surface area contributed by atoms with E-state index in [1.165, 1.54) is 6.20 Å². The van der Waals surface area contributed by atoms with Crippen LogP contribution in [0, 0.1) is 6.92 Å². The number of benzene rings is 1. The maximum atomic E-state index is 12.2. The van der Waals surface area contributed by atoms with Crippen LogP contribution in [0.5, 0.6) is 5.75 Å². The van der Waals surface area contributed by atoms with E-state index in [1.807, 2.05) is 12.1 Å². The molecule has 2 heterocycles. The summed E-state index contributed by atoms with van der Waals surface area (Å²) in [5.41, 5.74) is 2.43. The van der Waals surface area contributed by atoms with Crippen LogP contribution in [0.25, 0.3) is 0 Å². The Balaban J connectivity index is 1.85. The van der Waals surface area contributed by atoms with Crippen molar-refractivity contribution in [3.8, 4) is 5.75 Å². The molecule has 0 radical (unpaired) electrons. The van der Waals surface area contributed by atoms with Gasteiger partial charge >= 0.3 is 0 Å². The summed E-state index contributed by atoms with van der Waals surface area (Å²) in [4.78, 5) is 0.162. The molecular formula is C13H14BrN3O3S. The molecule has 3 rings (SSSR count). The number of fused-ring (bicyclic) bond motifs is 1. The van der Waals surface area contributed by atoms with Crippen LogP contribution in [0.2, 0.25) is 0 Å². The molecule has 0 spiro atoms. The zero-order valence-corrected chi connectivity index (χ0v) is 13.7. The molecule has 1 aliphatic rings. The number of hydrogen-bond donors (Lipinski definition) is 2. The molecule has 0 saturated carbocycles. The Morgan fingerprint density at radius 2 is 2.29 bits per heavy atom. The predicted molar refractivity (Wildman–Crippen MR) is 80.7 cm³/mol. The minimum Gasteiger partial charge on any atom is -0.493 e. The topological polar surface area (TPSA) is 84.1 Å². The number of nitrogens with zero attached hydrogens (tertiary/aromatic N) is 1. The summed E-state index contributed by atoms with van der Waals surface area (Å²) in [6.45, 7) is 2.47. The fraction of sp³-hybridized carbons (Fsp3) is 0.308. The Morgan fingerprint density at radius 3 is 3.00 bits per heavy atom. The highest BCUT2D eigenvalue weighted by molar-refractivity contribution is 9.10. The number of aryl methyl sites for hydroxylation is 1. The zero-order chi connectivity index (χ0) is 15.0. The zero-order valence-electron chi connectivity index (χ0n) is 11.3. The molecule has 0 unspecified atom stereocenters. The summed E-state index contributed by atoms with van der Waals surface area (Å²) in [6, 6.07) is 3.87. The van der Waals surface area contributed by atoms with Crippen molar-refractivity contribution >= 4 is 26.0 Å². The summed E-state index contributed by atoms with van der Waals surface area (Å²) < 4.78 is 33.6. The van der Waals surface area contributed by atoms with E-state index in [0.717, 1.165) is 27.8 Å². The molecule has 0 aliphatic carbocycles. The number of nitrogens with one attached hydrogen (secondary N) is 2. The lowest BCUT2D eigenvalue weighted by Crippen LogP contribution is -2.23. The average Bonchev–Trinajstić information content (AvgIpc) is 3.04. The van der Waals surface area contributed by atoms with Crippen molar-refractivity contribution in [1.82, 2.24) is 14.9 Å². The van der Waals surface area contributed by atoms with Crippen LogP contribution in [0.15, 0.2) is 27.7 Å².